The summed E-state index contributed by atoms with van der Waals surface area (Å²) in [6.45, 7) is 1.94. The molecule has 0 saturated carbocycles. The van der Waals surface area contributed by atoms with Gasteiger partial charge in [0.1, 0.15) is 10.8 Å². The zero-order valence-corrected chi connectivity index (χ0v) is 19.4. The van der Waals surface area contributed by atoms with Gasteiger partial charge in [0, 0.05) is 36.2 Å². The molecule has 1 aliphatic rings. The number of alkyl halides is 3. The van der Waals surface area contributed by atoms with E-state index < -0.39 is 24.2 Å². The Morgan fingerprint density at radius 3 is 2.59 bits per heavy atom. The lowest BCUT2D eigenvalue weighted by Gasteiger charge is -2.33. The van der Waals surface area contributed by atoms with E-state index in [1.54, 1.807) is 49.1 Å². The zero-order chi connectivity index (χ0) is 23.2. The highest BCUT2D eigenvalue weighted by atomic mass is 79.9. The number of benzene rings is 1. The van der Waals surface area contributed by atoms with Crippen LogP contribution in [0.2, 0.25) is 5.02 Å². The molecule has 2 aromatic heterocycles. The molecule has 0 spiro atoms. The molecule has 0 fully saturated rings. The van der Waals surface area contributed by atoms with Gasteiger partial charge in [0.25, 0.3) is 5.91 Å². The van der Waals surface area contributed by atoms with E-state index >= 15 is 0 Å². The van der Waals surface area contributed by atoms with Crippen molar-refractivity contribution in [3.63, 3.8) is 0 Å². The normalized spacial score (nSPS) is 18.2. The predicted octanol–water partition coefficient (Wildman–Crippen LogP) is 4.93. The SMILES string of the molecule is Cc1nn(C)cc1CNC(=O)c1nn2c(c1Cl)N[C@H](c1ccc(Br)cc1)C[C@H]2C(F)(F)F. The molecule has 1 aromatic carbocycles. The highest BCUT2D eigenvalue weighted by molar-refractivity contribution is 9.10. The molecule has 0 bridgehead atoms. The summed E-state index contributed by atoms with van der Waals surface area (Å²) in [5, 5.41) is 13.7. The monoisotopic (exact) mass is 530 g/mol. The first-order valence-electron chi connectivity index (χ1n) is 9.68. The Hall–Kier alpha value is -2.53. The minimum atomic E-state index is -4.57. The summed E-state index contributed by atoms with van der Waals surface area (Å²) in [7, 11) is 1.75. The van der Waals surface area contributed by atoms with Crippen LogP contribution in [0.1, 0.15) is 45.8 Å². The minimum absolute atomic E-state index is 0.0316. The number of nitrogens with zero attached hydrogens (tertiary/aromatic N) is 4. The van der Waals surface area contributed by atoms with Crippen molar-refractivity contribution in [1.82, 2.24) is 24.9 Å². The van der Waals surface area contributed by atoms with E-state index in [4.69, 9.17) is 11.6 Å². The summed E-state index contributed by atoms with van der Waals surface area (Å²) >= 11 is 9.67. The van der Waals surface area contributed by atoms with Crippen molar-refractivity contribution in [3.05, 3.63) is 62.5 Å². The van der Waals surface area contributed by atoms with Gasteiger partial charge in [-0.25, -0.2) is 4.68 Å². The van der Waals surface area contributed by atoms with Gasteiger partial charge in [0.05, 0.1) is 11.7 Å². The Labute approximate surface area is 195 Å². The Bertz CT molecular complexity index is 1160. The molecule has 0 saturated heterocycles. The fraction of sp³-hybridized carbons (Fsp3) is 0.350. The van der Waals surface area contributed by atoms with Gasteiger partial charge in [0.2, 0.25) is 0 Å². The van der Waals surface area contributed by atoms with Crippen molar-refractivity contribution >= 4 is 39.3 Å². The van der Waals surface area contributed by atoms with Crippen molar-refractivity contribution in [1.29, 1.82) is 0 Å². The van der Waals surface area contributed by atoms with E-state index in [-0.39, 0.29) is 29.5 Å². The number of anilines is 1. The number of hydrogen-bond acceptors (Lipinski definition) is 4. The Kier molecular flexibility index (Phi) is 5.97. The van der Waals surface area contributed by atoms with E-state index in [1.807, 2.05) is 0 Å². The lowest BCUT2D eigenvalue weighted by Crippen LogP contribution is -2.35. The smallest absolute Gasteiger partial charge is 0.362 e. The molecule has 0 unspecified atom stereocenters. The van der Waals surface area contributed by atoms with E-state index in [1.165, 1.54) is 0 Å². The van der Waals surface area contributed by atoms with Gasteiger partial charge in [-0.2, -0.15) is 23.4 Å². The van der Waals surface area contributed by atoms with Crippen LogP contribution in [-0.4, -0.2) is 31.6 Å². The van der Waals surface area contributed by atoms with E-state index in [0.717, 1.165) is 20.4 Å². The van der Waals surface area contributed by atoms with Crippen LogP contribution in [0, 0.1) is 6.92 Å². The van der Waals surface area contributed by atoms with Crippen LogP contribution in [0.4, 0.5) is 19.0 Å². The fourth-order valence-electron chi connectivity index (χ4n) is 3.73. The fourth-order valence-corrected chi connectivity index (χ4v) is 4.26. The molecule has 0 aliphatic carbocycles. The third kappa shape index (κ3) is 4.36. The summed E-state index contributed by atoms with van der Waals surface area (Å²) in [6, 6.07) is 4.41. The van der Waals surface area contributed by atoms with Gasteiger partial charge in [0.15, 0.2) is 11.7 Å². The van der Waals surface area contributed by atoms with Crippen LogP contribution in [0.5, 0.6) is 0 Å². The molecule has 4 rings (SSSR count). The zero-order valence-electron chi connectivity index (χ0n) is 17.0. The second kappa shape index (κ2) is 8.43. The molecular weight excluding hydrogens is 513 g/mol. The number of nitrogens with one attached hydrogen (secondary N) is 2. The maximum atomic E-state index is 13.9. The molecule has 2 atom stereocenters. The molecule has 32 heavy (non-hydrogen) atoms. The van der Waals surface area contributed by atoms with Gasteiger partial charge >= 0.3 is 6.18 Å². The Morgan fingerprint density at radius 1 is 1.31 bits per heavy atom. The maximum absolute atomic E-state index is 13.9. The van der Waals surface area contributed by atoms with Crippen molar-refractivity contribution < 1.29 is 18.0 Å². The molecule has 7 nitrogen and oxygen atoms in total. The number of aromatic nitrogens is 4. The van der Waals surface area contributed by atoms with Crippen LogP contribution in [0.3, 0.4) is 0 Å². The summed E-state index contributed by atoms with van der Waals surface area (Å²) in [6.07, 6.45) is -3.11. The maximum Gasteiger partial charge on any atom is 0.410 e. The van der Waals surface area contributed by atoms with E-state index in [0.29, 0.717) is 5.56 Å². The third-order valence-electron chi connectivity index (χ3n) is 5.34. The molecule has 1 amide bonds. The van der Waals surface area contributed by atoms with Crippen LogP contribution in [-0.2, 0) is 13.6 Å². The number of fused-ring (bicyclic) bond motifs is 1. The molecule has 3 aromatic rings. The van der Waals surface area contributed by atoms with Gasteiger partial charge in [-0.05, 0) is 24.6 Å². The van der Waals surface area contributed by atoms with Crippen LogP contribution >= 0.6 is 27.5 Å². The highest BCUT2D eigenvalue weighted by Crippen LogP contribution is 2.46. The Balaban J connectivity index is 1.63. The number of rotatable bonds is 4. The van der Waals surface area contributed by atoms with Crippen LogP contribution in [0.15, 0.2) is 34.9 Å². The summed E-state index contributed by atoms with van der Waals surface area (Å²) in [5.41, 5.74) is 1.92. The molecule has 3 heterocycles. The number of aryl methyl sites for hydroxylation is 2. The van der Waals surface area contributed by atoms with Gasteiger partial charge in [-0.3, -0.25) is 9.48 Å². The number of halogens is 5. The second-order valence-corrected chi connectivity index (χ2v) is 8.89. The number of carbonyl (C=O) groups excluding carboxylic acids is 1. The van der Waals surface area contributed by atoms with Crippen molar-refractivity contribution in [2.24, 2.45) is 7.05 Å². The number of carbonyl (C=O) groups is 1. The van der Waals surface area contributed by atoms with Gasteiger partial charge < -0.3 is 10.6 Å². The lowest BCUT2D eigenvalue weighted by atomic mass is 9.97. The number of amides is 1. The van der Waals surface area contributed by atoms with Crippen molar-refractivity contribution in [2.75, 3.05) is 5.32 Å². The van der Waals surface area contributed by atoms with Crippen LogP contribution < -0.4 is 10.6 Å². The average Bonchev–Trinajstić information content (AvgIpc) is 3.23. The van der Waals surface area contributed by atoms with Gasteiger partial charge in [-0.15, -0.1) is 0 Å². The highest BCUT2D eigenvalue weighted by Gasteiger charge is 2.47. The second-order valence-electron chi connectivity index (χ2n) is 7.59. The summed E-state index contributed by atoms with van der Waals surface area (Å²) in [5.74, 6) is -0.695. The first kappa shape index (κ1) is 22.7. The van der Waals surface area contributed by atoms with Crippen molar-refractivity contribution in [3.8, 4) is 0 Å². The average molecular weight is 532 g/mol. The van der Waals surface area contributed by atoms with Gasteiger partial charge in [-0.1, -0.05) is 39.7 Å². The summed E-state index contributed by atoms with van der Waals surface area (Å²) in [4.78, 5) is 12.7. The molecular formula is C20H19BrClF3N6O. The lowest BCUT2D eigenvalue weighted by molar-refractivity contribution is -0.173. The molecule has 12 heteroatoms. The first-order chi connectivity index (χ1) is 15.0. The molecule has 2 N–H and O–H groups in total. The first-order valence-corrected chi connectivity index (χ1v) is 10.9. The molecule has 1 aliphatic heterocycles. The quantitative estimate of drug-likeness (QED) is 0.501. The minimum Gasteiger partial charge on any atom is -0.362 e. The third-order valence-corrected chi connectivity index (χ3v) is 6.22. The predicted molar refractivity (Wildman–Crippen MR) is 117 cm³/mol. The van der Waals surface area contributed by atoms with Crippen molar-refractivity contribution in [2.45, 2.75) is 38.1 Å². The topological polar surface area (TPSA) is 76.8 Å². The van der Waals surface area contributed by atoms with Crippen LogP contribution in [0.25, 0.3) is 0 Å². The molecule has 170 valence electrons. The summed E-state index contributed by atoms with van der Waals surface area (Å²) < 4.78 is 44.8. The number of hydrogen-bond donors (Lipinski definition) is 2. The Morgan fingerprint density at radius 2 is 2.00 bits per heavy atom. The largest absolute Gasteiger partial charge is 0.410 e. The standard InChI is InChI=1S/C20H19BrClF3N6O/c1-10-12(9-30(2)28-10)8-26-19(32)17-16(22)18-27-14(11-3-5-13(21)6-4-11)7-15(20(23,24)25)31(18)29-17/h3-6,9,14-15,27H,7-8H2,1-2H3,(H,26,32)/t14-,15-/m0/s1. The van der Waals surface area contributed by atoms with E-state index in [9.17, 15) is 18.0 Å². The molecule has 0 radical (unpaired) electrons. The van der Waals surface area contributed by atoms with E-state index in [2.05, 4.69) is 36.8 Å².